The van der Waals surface area contributed by atoms with Crippen molar-refractivity contribution in [2.24, 2.45) is 5.92 Å². The molecule has 0 bridgehead atoms. The molecule has 9 heteroatoms. The molecule has 0 spiro atoms. The van der Waals surface area contributed by atoms with Crippen molar-refractivity contribution in [2.75, 3.05) is 13.2 Å². The molecule has 0 aliphatic heterocycles. The van der Waals surface area contributed by atoms with Gasteiger partial charge in [0.2, 0.25) is 11.8 Å². The van der Waals surface area contributed by atoms with E-state index in [1.54, 1.807) is 12.1 Å². The molecule has 0 unspecified atom stereocenters. The van der Waals surface area contributed by atoms with Crippen molar-refractivity contribution in [3.8, 4) is 17.2 Å². The normalized spacial score (nSPS) is 18.3. The number of rotatable bonds is 7. The average Bonchev–Trinajstić information content (AvgIpc) is 3.29. The molecular formula is C23H22Cl2FN3O3. The molecule has 2 aromatic carbocycles. The summed E-state index contributed by atoms with van der Waals surface area (Å²) in [5.41, 5.74) is 0.841. The lowest BCUT2D eigenvalue weighted by Crippen LogP contribution is -2.34. The summed E-state index contributed by atoms with van der Waals surface area (Å²) < 4.78 is 24.6. The van der Waals surface area contributed by atoms with Gasteiger partial charge in [0, 0.05) is 29.1 Å². The Kier molecular flexibility index (Phi) is 7.27. The number of amides is 1. The maximum absolute atomic E-state index is 13.4. The number of benzene rings is 2. The molecule has 168 valence electrons. The van der Waals surface area contributed by atoms with Gasteiger partial charge in [-0.05, 0) is 68.0 Å². The van der Waals surface area contributed by atoms with Gasteiger partial charge in [-0.3, -0.25) is 4.79 Å². The molecule has 4 rings (SSSR count). The molecule has 1 aromatic heterocycles. The van der Waals surface area contributed by atoms with Crippen molar-refractivity contribution in [3.05, 3.63) is 64.2 Å². The second-order valence-corrected chi connectivity index (χ2v) is 8.68. The minimum atomic E-state index is -0.581. The Morgan fingerprint density at radius 2 is 1.84 bits per heavy atom. The molecule has 1 amide bonds. The Morgan fingerprint density at radius 3 is 2.56 bits per heavy atom. The second kappa shape index (κ2) is 10.3. The van der Waals surface area contributed by atoms with E-state index in [-0.39, 0.29) is 29.2 Å². The van der Waals surface area contributed by atoms with E-state index < -0.39 is 5.82 Å². The molecule has 1 N–H and O–H groups in total. The first-order valence-electron chi connectivity index (χ1n) is 10.4. The highest BCUT2D eigenvalue weighted by atomic mass is 35.5. The van der Waals surface area contributed by atoms with Crippen LogP contribution in [0, 0.1) is 11.7 Å². The van der Waals surface area contributed by atoms with Crippen LogP contribution in [0.3, 0.4) is 0 Å². The first kappa shape index (κ1) is 22.6. The lowest BCUT2D eigenvalue weighted by molar-refractivity contribution is -0.123. The molecule has 32 heavy (non-hydrogen) atoms. The first-order valence-corrected chi connectivity index (χ1v) is 11.2. The minimum Gasteiger partial charge on any atom is -0.484 e. The Hall–Kier alpha value is -2.64. The predicted molar refractivity (Wildman–Crippen MR) is 119 cm³/mol. The van der Waals surface area contributed by atoms with Crippen LogP contribution < -0.4 is 10.1 Å². The van der Waals surface area contributed by atoms with Crippen LogP contribution in [0.1, 0.15) is 37.5 Å². The van der Waals surface area contributed by atoms with Crippen molar-refractivity contribution in [2.45, 2.75) is 31.6 Å². The minimum absolute atomic E-state index is 0.0131. The molecule has 1 fully saturated rings. The number of nitrogens with one attached hydrogen (secondary N) is 1. The van der Waals surface area contributed by atoms with Crippen LogP contribution in [0.5, 0.6) is 5.75 Å². The Labute approximate surface area is 195 Å². The third-order valence-electron chi connectivity index (χ3n) is 5.58. The van der Waals surface area contributed by atoms with Gasteiger partial charge in [0.05, 0.1) is 5.02 Å². The summed E-state index contributed by atoms with van der Waals surface area (Å²) in [6.07, 6.45) is 3.74. The largest absolute Gasteiger partial charge is 0.484 e. The third kappa shape index (κ3) is 5.78. The van der Waals surface area contributed by atoms with Crippen LogP contribution in [0.25, 0.3) is 11.5 Å². The number of nitrogens with zero attached hydrogens (tertiary/aromatic N) is 2. The molecule has 0 radical (unpaired) electrons. The summed E-state index contributed by atoms with van der Waals surface area (Å²) in [5, 5.41) is 12.0. The third-order valence-corrected chi connectivity index (χ3v) is 6.14. The molecule has 1 aliphatic carbocycles. The Balaban J connectivity index is 1.20. The topological polar surface area (TPSA) is 77.2 Å². The van der Waals surface area contributed by atoms with Gasteiger partial charge in [0.15, 0.2) is 6.61 Å². The first-order chi connectivity index (χ1) is 15.5. The summed E-state index contributed by atoms with van der Waals surface area (Å²) in [5.74, 6) is 1.18. The molecule has 6 nitrogen and oxygen atoms in total. The monoisotopic (exact) mass is 477 g/mol. The second-order valence-electron chi connectivity index (χ2n) is 7.84. The highest BCUT2D eigenvalue weighted by Gasteiger charge is 2.26. The number of carbonyl (C=O) groups excluding carboxylic acids is 1. The Bertz CT molecular complexity index is 1070. The molecule has 1 heterocycles. The van der Waals surface area contributed by atoms with Gasteiger partial charge in [-0.2, -0.15) is 0 Å². The number of carbonyl (C=O) groups is 1. The van der Waals surface area contributed by atoms with Crippen LogP contribution in [0.15, 0.2) is 46.9 Å². The number of hydrogen-bond donors (Lipinski definition) is 1. The lowest BCUT2D eigenvalue weighted by Gasteiger charge is -2.26. The van der Waals surface area contributed by atoms with Crippen molar-refractivity contribution in [1.29, 1.82) is 0 Å². The van der Waals surface area contributed by atoms with E-state index in [0.717, 1.165) is 37.3 Å². The van der Waals surface area contributed by atoms with Crippen LogP contribution in [-0.2, 0) is 4.79 Å². The fraction of sp³-hybridized carbons (Fsp3) is 0.348. The molecule has 3 aromatic rings. The molecule has 0 atom stereocenters. The van der Waals surface area contributed by atoms with Gasteiger partial charge >= 0.3 is 0 Å². The molecule has 1 saturated carbocycles. The molecular weight excluding hydrogens is 456 g/mol. The van der Waals surface area contributed by atoms with Gasteiger partial charge in [0.1, 0.15) is 11.6 Å². The van der Waals surface area contributed by atoms with Crippen molar-refractivity contribution < 1.29 is 18.3 Å². The summed E-state index contributed by atoms with van der Waals surface area (Å²) in [6.45, 7) is 0.398. The predicted octanol–water partition coefficient (Wildman–Crippen LogP) is 5.65. The molecule has 1 aliphatic rings. The quantitative estimate of drug-likeness (QED) is 0.475. The number of ether oxygens (including phenoxy) is 1. The van der Waals surface area contributed by atoms with Gasteiger partial charge < -0.3 is 14.5 Å². The van der Waals surface area contributed by atoms with Crippen molar-refractivity contribution in [3.63, 3.8) is 0 Å². The number of halogens is 3. The number of aromatic nitrogens is 2. The Morgan fingerprint density at radius 1 is 1.09 bits per heavy atom. The van der Waals surface area contributed by atoms with Crippen molar-refractivity contribution >= 4 is 29.1 Å². The molecule has 0 saturated heterocycles. The standard InChI is InChI=1S/C23H22Cl2FN3O3/c24-17-7-5-16(6-8-17)23-29-28-22(32-23)15-3-1-14(2-4-15)12-27-21(30)13-31-18-9-10-19(25)20(26)11-18/h5-11,14-15H,1-4,12-13H2,(H,27,30)/t14-,15-. The fourth-order valence-corrected chi connectivity index (χ4v) is 3.99. The van der Waals surface area contributed by atoms with E-state index in [2.05, 4.69) is 15.5 Å². The highest BCUT2D eigenvalue weighted by molar-refractivity contribution is 6.31. The van der Waals surface area contributed by atoms with E-state index in [1.165, 1.54) is 12.1 Å². The van der Waals surface area contributed by atoms with Crippen LogP contribution >= 0.6 is 23.2 Å². The SMILES string of the molecule is O=C(COc1ccc(Cl)c(F)c1)NC[C@H]1CC[C@H](c2nnc(-c3ccc(Cl)cc3)o2)CC1. The fourth-order valence-electron chi connectivity index (χ4n) is 3.75. The average molecular weight is 478 g/mol. The van der Waals surface area contributed by atoms with Gasteiger partial charge in [-0.1, -0.05) is 23.2 Å². The van der Waals surface area contributed by atoms with Crippen LogP contribution in [0.2, 0.25) is 10.0 Å². The summed E-state index contributed by atoms with van der Waals surface area (Å²) in [6, 6.07) is 11.4. The zero-order valence-electron chi connectivity index (χ0n) is 17.2. The van der Waals surface area contributed by atoms with E-state index in [1.807, 2.05) is 12.1 Å². The van der Waals surface area contributed by atoms with Gasteiger partial charge in [0.25, 0.3) is 5.91 Å². The highest BCUT2D eigenvalue weighted by Crippen LogP contribution is 2.36. The van der Waals surface area contributed by atoms with E-state index in [4.69, 9.17) is 32.4 Å². The zero-order valence-corrected chi connectivity index (χ0v) is 18.7. The summed E-state index contributed by atoms with van der Waals surface area (Å²) >= 11 is 11.6. The number of hydrogen-bond acceptors (Lipinski definition) is 5. The summed E-state index contributed by atoms with van der Waals surface area (Å²) in [7, 11) is 0. The maximum Gasteiger partial charge on any atom is 0.257 e. The van der Waals surface area contributed by atoms with E-state index in [9.17, 15) is 9.18 Å². The maximum atomic E-state index is 13.4. The van der Waals surface area contributed by atoms with E-state index >= 15 is 0 Å². The zero-order chi connectivity index (χ0) is 22.5. The van der Waals surface area contributed by atoms with Crippen molar-refractivity contribution in [1.82, 2.24) is 15.5 Å². The smallest absolute Gasteiger partial charge is 0.257 e. The van der Waals surface area contributed by atoms with Gasteiger partial charge in [-0.25, -0.2) is 4.39 Å². The van der Waals surface area contributed by atoms with Gasteiger partial charge in [-0.15, -0.1) is 10.2 Å². The lowest BCUT2D eigenvalue weighted by atomic mass is 9.82. The van der Waals surface area contributed by atoms with Crippen LogP contribution in [-0.4, -0.2) is 29.3 Å². The van der Waals surface area contributed by atoms with Crippen LogP contribution in [0.4, 0.5) is 4.39 Å². The van der Waals surface area contributed by atoms with E-state index in [0.29, 0.717) is 29.3 Å². The summed E-state index contributed by atoms with van der Waals surface area (Å²) in [4.78, 5) is 12.1.